The Hall–Kier alpha value is -1.04. The number of halogens is 2. The fourth-order valence-corrected chi connectivity index (χ4v) is 2.31. The van der Waals surface area contributed by atoms with E-state index in [2.05, 4.69) is 5.10 Å². The summed E-state index contributed by atoms with van der Waals surface area (Å²) in [5, 5.41) is 4.38. The third kappa shape index (κ3) is 2.21. The molecule has 16 heavy (non-hydrogen) atoms. The van der Waals surface area contributed by atoms with E-state index in [-0.39, 0.29) is 5.03 Å². The molecule has 2 rings (SSSR count). The van der Waals surface area contributed by atoms with Crippen molar-refractivity contribution in [3.63, 3.8) is 0 Å². The third-order valence-electron chi connectivity index (χ3n) is 1.93. The van der Waals surface area contributed by atoms with Crippen molar-refractivity contribution in [1.82, 2.24) is 9.78 Å². The molecule has 2 aromatic rings. The fraction of sp³-hybridized carbons (Fsp3) is 0. The molecule has 0 spiro atoms. The van der Waals surface area contributed by atoms with Gasteiger partial charge in [0, 0.05) is 15.7 Å². The molecule has 0 aliphatic rings. The second kappa shape index (κ2) is 4.08. The topological polar surface area (TPSA) is 52.0 Å². The van der Waals surface area contributed by atoms with Gasteiger partial charge in [0.1, 0.15) is 0 Å². The Morgan fingerprint density at radius 2 is 1.75 bits per heavy atom. The molecule has 0 unspecified atom stereocenters. The minimum atomic E-state index is -3.81. The molecule has 0 fully saturated rings. The lowest BCUT2D eigenvalue weighted by atomic mass is 10.3. The van der Waals surface area contributed by atoms with Gasteiger partial charge in [0.2, 0.25) is 0 Å². The van der Waals surface area contributed by atoms with Crippen LogP contribution in [0.25, 0.3) is 5.69 Å². The van der Waals surface area contributed by atoms with Gasteiger partial charge in [-0.3, -0.25) is 0 Å². The molecule has 0 saturated heterocycles. The van der Waals surface area contributed by atoms with Gasteiger partial charge in [-0.2, -0.15) is 5.10 Å². The summed E-state index contributed by atoms with van der Waals surface area (Å²) in [6.45, 7) is 0. The van der Waals surface area contributed by atoms with Crippen LogP contribution in [0.2, 0.25) is 5.02 Å². The van der Waals surface area contributed by atoms with Crippen LogP contribution in [0.4, 0.5) is 0 Å². The first-order valence-electron chi connectivity index (χ1n) is 4.23. The maximum absolute atomic E-state index is 11.2. The summed E-state index contributed by atoms with van der Waals surface area (Å²) in [6, 6.07) is 7.92. The second-order valence-corrected chi connectivity index (χ2v) is 5.94. The summed E-state index contributed by atoms with van der Waals surface area (Å²) >= 11 is 5.73. The van der Waals surface area contributed by atoms with Crippen LogP contribution < -0.4 is 0 Å². The normalized spacial score (nSPS) is 11.6. The summed E-state index contributed by atoms with van der Waals surface area (Å²) in [7, 11) is 1.46. The van der Waals surface area contributed by atoms with E-state index in [1.54, 1.807) is 24.3 Å². The van der Waals surface area contributed by atoms with Gasteiger partial charge in [0.15, 0.2) is 5.03 Å². The predicted octanol–water partition coefficient (Wildman–Crippen LogP) is 2.45. The monoisotopic (exact) mass is 276 g/mol. The van der Waals surface area contributed by atoms with E-state index in [4.69, 9.17) is 22.3 Å². The van der Waals surface area contributed by atoms with Gasteiger partial charge in [0.05, 0.1) is 11.9 Å². The van der Waals surface area contributed by atoms with Crippen LogP contribution >= 0.6 is 22.3 Å². The molecule has 0 N–H and O–H groups in total. The highest BCUT2D eigenvalue weighted by Gasteiger charge is 2.17. The third-order valence-corrected chi connectivity index (χ3v) is 3.46. The van der Waals surface area contributed by atoms with Crippen molar-refractivity contribution in [3.8, 4) is 5.69 Å². The minimum Gasteiger partial charge on any atom is -0.221 e. The Kier molecular flexibility index (Phi) is 2.92. The molecule has 0 saturated carbocycles. The molecule has 4 nitrogen and oxygen atoms in total. The molecule has 84 valence electrons. The Labute approximate surface area is 102 Å². The number of rotatable bonds is 2. The van der Waals surface area contributed by atoms with Gasteiger partial charge in [-0.15, -0.1) is 0 Å². The van der Waals surface area contributed by atoms with Crippen LogP contribution in [0.5, 0.6) is 0 Å². The molecule has 0 bridgehead atoms. The standard InChI is InChI=1S/C9H6Cl2N2O2S/c10-7-1-3-8(4-2-7)13-9(5-6-12-13)16(11,14)15/h1-6H. The Morgan fingerprint density at radius 1 is 1.12 bits per heavy atom. The second-order valence-electron chi connectivity index (χ2n) is 3.00. The summed E-state index contributed by atoms with van der Waals surface area (Å²) < 4.78 is 23.7. The zero-order valence-corrected chi connectivity index (χ0v) is 10.2. The van der Waals surface area contributed by atoms with Gasteiger partial charge in [-0.1, -0.05) is 11.6 Å². The lowest BCUT2D eigenvalue weighted by Gasteiger charge is -2.04. The molecule has 1 aromatic heterocycles. The quantitative estimate of drug-likeness (QED) is 0.792. The Balaban J connectivity index is 2.58. The van der Waals surface area contributed by atoms with Crippen LogP contribution in [0, 0.1) is 0 Å². The number of hydrogen-bond acceptors (Lipinski definition) is 3. The van der Waals surface area contributed by atoms with E-state index in [1.807, 2.05) is 0 Å². The summed E-state index contributed by atoms with van der Waals surface area (Å²) in [5.74, 6) is 0. The zero-order chi connectivity index (χ0) is 11.8. The lowest BCUT2D eigenvalue weighted by molar-refractivity contribution is 0.600. The Morgan fingerprint density at radius 3 is 2.31 bits per heavy atom. The molecular formula is C9H6Cl2N2O2S. The van der Waals surface area contributed by atoms with Crippen LogP contribution in [-0.2, 0) is 9.05 Å². The smallest absolute Gasteiger partial charge is 0.221 e. The van der Waals surface area contributed by atoms with E-state index in [0.29, 0.717) is 10.7 Å². The molecule has 7 heteroatoms. The highest BCUT2D eigenvalue weighted by Crippen LogP contribution is 2.19. The van der Waals surface area contributed by atoms with Crippen LogP contribution in [0.1, 0.15) is 0 Å². The van der Waals surface area contributed by atoms with E-state index in [9.17, 15) is 8.42 Å². The first-order valence-corrected chi connectivity index (χ1v) is 6.92. The number of aromatic nitrogens is 2. The lowest BCUT2D eigenvalue weighted by Crippen LogP contribution is -2.04. The van der Waals surface area contributed by atoms with E-state index < -0.39 is 9.05 Å². The van der Waals surface area contributed by atoms with E-state index in [1.165, 1.54) is 16.9 Å². The molecule has 0 radical (unpaired) electrons. The van der Waals surface area contributed by atoms with Crippen molar-refractivity contribution in [1.29, 1.82) is 0 Å². The van der Waals surface area contributed by atoms with Crippen molar-refractivity contribution in [2.24, 2.45) is 0 Å². The van der Waals surface area contributed by atoms with Gasteiger partial charge < -0.3 is 0 Å². The average Bonchev–Trinajstić information content (AvgIpc) is 2.66. The summed E-state index contributed by atoms with van der Waals surface area (Å²) in [5.41, 5.74) is 0.577. The van der Waals surface area contributed by atoms with Crippen LogP contribution in [0.15, 0.2) is 41.6 Å². The fourth-order valence-electron chi connectivity index (χ4n) is 1.25. The van der Waals surface area contributed by atoms with Crippen molar-refractivity contribution in [2.45, 2.75) is 5.03 Å². The average molecular weight is 277 g/mol. The number of hydrogen-bond donors (Lipinski definition) is 0. The van der Waals surface area contributed by atoms with Gasteiger partial charge >= 0.3 is 0 Å². The van der Waals surface area contributed by atoms with Crippen molar-refractivity contribution >= 4 is 31.3 Å². The van der Waals surface area contributed by atoms with Crippen molar-refractivity contribution in [3.05, 3.63) is 41.6 Å². The largest absolute Gasteiger partial charge is 0.278 e. The van der Waals surface area contributed by atoms with Crippen LogP contribution in [-0.4, -0.2) is 18.2 Å². The first-order chi connectivity index (χ1) is 7.48. The van der Waals surface area contributed by atoms with E-state index in [0.717, 1.165) is 0 Å². The maximum Gasteiger partial charge on any atom is 0.278 e. The van der Waals surface area contributed by atoms with Gasteiger partial charge in [0.25, 0.3) is 9.05 Å². The van der Waals surface area contributed by atoms with Gasteiger partial charge in [-0.25, -0.2) is 13.1 Å². The Bertz CT molecular complexity index is 605. The molecular weight excluding hydrogens is 271 g/mol. The molecule has 1 heterocycles. The molecule has 0 aliphatic carbocycles. The molecule has 0 aliphatic heterocycles. The highest BCUT2D eigenvalue weighted by molar-refractivity contribution is 8.13. The number of benzene rings is 1. The SMILES string of the molecule is O=S(=O)(Cl)c1ccnn1-c1ccc(Cl)cc1. The van der Waals surface area contributed by atoms with E-state index >= 15 is 0 Å². The minimum absolute atomic E-state index is 0.0727. The van der Waals surface area contributed by atoms with Gasteiger partial charge in [-0.05, 0) is 30.3 Å². The van der Waals surface area contributed by atoms with Crippen molar-refractivity contribution in [2.75, 3.05) is 0 Å². The molecule has 0 atom stereocenters. The summed E-state index contributed by atoms with van der Waals surface area (Å²) in [6.07, 6.45) is 1.36. The first kappa shape index (κ1) is 11.4. The maximum atomic E-state index is 11.2. The highest BCUT2D eigenvalue weighted by atomic mass is 35.7. The number of nitrogens with zero attached hydrogens (tertiary/aromatic N) is 2. The van der Waals surface area contributed by atoms with Crippen LogP contribution in [0.3, 0.4) is 0 Å². The predicted molar refractivity (Wildman–Crippen MR) is 61.6 cm³/mol. The van der Waals surface area contributed by atoms with Crippen molar-refractivity contribution < 1.29 is 8.42 Å². The summed E-state index contributed by atoms with van der Waals surface area (Å²) in [4.78, 5) is 0. The molecule has 1 aromatic carbocycles. The zero-order valence-electron chi connectivity index (χ0n) is 7.84. The molecule has 0 amide bonds.